The lowest BCUT2D eigenvalue weighted by atomic mass is 9.94. The lowest BCUT2D eigenvalue weighted by Gasteiger charge is -2.34. The Morgan fingerprint density at radius 1 is 0.900 bits per heavy atom. The van der Waals surface area contributed by atoms with Crippen LogP contribution in [-0.2, 0) is 14.4 Å². The minimum absolute atomic E-state index is 0.00546. The molecule has 0 bridgehead atoms. The Hall–Kier alpha value is -3.15. The summed E-state index contributed by atoms with van der Waals surface area (Å²) >= 11 is 0. The molecule has 1 atom stereocenters. The number of benzene rings is 2. The largest absolute Gasteiger partial charge is 0.342 e. The molecule has 4 rings (SSSR count). The normalized spacial score (nSPS) is 19.8. The highest BCUT2D eigenvalue weighted by molar-refractivity contribution is 6.00. The van der Waals surface area contributed by atoms with Crippen LogP contribution in [-0.4, -0.2) is 49.3 Å². The summed E-state index contributed by atoms with van der Waals surface area (Å²) in [5, 5.41) is 0. The van der Waals surface area contributed by atoms with Crippen LogP contribution in [0.3, 0.4) is 0 Å². The van der Waals surface area contributed by atoms with Crippen molar-refractivity contribution in [2.24, 2.45) is 11.8 Å². The van der Waals surface area contributed by atoms with Crippen molar-refractivity contribution in [3.8, 4) is 0 Å². The van der Waals surface area contributed by atoms with E-state index in [1.165, 1.54) is 0 Å². The van der Waals surface area contributed by atoms with E-state index < -0.39 is 0 Å². The van der Waals surface area contributed by atoms with Gasteiger partial charge >= 0.3 is 0 Å². The number of nitrogens with zero attached hydrogens (tertiary/aromatic N) is 3. The van der Waals surface area contributed by atoms with Crippen LogP contribution in [0.25, 0.3) is 0 Å². The fourth-order valence-electron chi connectivity index (χ4n) is 4.39. The summed E-state index contributed by atoms with van der Waals surface area (Å²) in [5.41, 5.74) is 1.72. The average Bonchev–Trinajstić information content (AvgIpc) is 3.20. The molecule has 6 heteroatoms. The molecule has 156 valence electrons. The molecule has 3 amide bonds. The maximum absolute atomic E-state index is 13.0. The zero-order valence-electron chi connectivity index (χ0n) is 17.2. The SMILES string of the molecule is CN(C(=O)C1CCN(C(=O)C2CC(=O)N(c3ccccc3)C2)CC1)c1ccccc1. The molecule has 0 N–H and O–H groups in total. The van der Waals surface area contributed by atoms with E-state index in [2.05, 4.69) is 0 Å². The molecule has 2 fully saturated rings. The van der Waals surface area contributed by atoms with Crippen molar-refractivity contribution in [2.75, 3.05) is 36.5 Å². The summed E-state index contributed by atoms with van der Waals surface area (Å²) in [7, 11) is 1.80. The third-order valence-corrected chi connectivity index (χ3v) is 6.17. The smallest absolute Gasteiger partial charge is 0.229 e. The number of carbonyl (C=O) groups is 3. The third-order valence-electron chi connectivity index (χ3n) is 6.17. The second kappa shape index (κ2) is 8.69. The number of amides is 3. The predicted molar refractivity (Wildman–Crippen MR) is 116 cm³/mol. The quantitative estimate of drug-likeness (QED) is 0.786. The highest BCUT2D eigenvalue weighted by Gasteiger charge is 2.38. The Morgan fingerprint density at radius 3 is 2.13 bits per heavy atom. The number of hydrogen-bond acceptors (Lipinski definition) is 3. The van der Waals surface area contributed by atoms with Crippen molar-refractivity contribution in [1.29, 1.82) is 0 Å². The molecule has 6 nitrogen and oxygen atoms in total. The molecule has 2 heterocycles. The van der Waals surface area contributed by atoms with Crippen LogP contribution in [0.4, 0.5) is 11.4 Å². The predicted octanol–water partition coefficient (Wildman–Crippen LogP) is 2.94. The van der Waals surface area contributed by atoms with Crippen LogP contribution in [0.15, 0.2) is 60.7 Å². The molecule has 2 aromatic rings. The monoisotopic (exact) mass is 405 g/mol. The summed E-state index contributed by atoms with van der Waals surface area (Å²) in [6.07, 6.45) is 1.57. The van der Waals surface area contributed by atoms with Gasteiger partial charge < -0.3 is 14.7 Å². The van der Waals surface area contributed by atoms with Gasteiger partial charge in [-0.25, -0.2) is 0 Å². The van der Waals surface area contributed by atoms with Gasteiger partial charge in [0.2, 0.25) is 17.7 Å². The fourth-order valence-corrected chi connectivity index (χ4v) is 4.39. The van der Waals surface area contributed by atoms with Crippen LogP contribution in [0.1, 0.15) is 19.3 Å². The van der Waals surface area contributed by atoms with E-state index in [-0.39, 0.29) is 36.0 Å². The van der Waals surface area contributed by atoms with Gasteiger partial charge in [-0.05, 0) is 37.1 Å². The van der Waals surface area contributed by atoms with Gasteiger partial charge in [-0.3, -0.25) is 14.4 Å². The summed E-state index contributed by atoms with van der Waals surface area (Å²) in [5.74, 6) is -0.264. The van der Waals surface area contributed by atoms with E-state index in [0.717, 1.165) is 11.4 Å². The molecule has 1 unspecified atom stereocenters. The second-order valence-electron chi connectivity index (χ2n) is 8.07. The van der Waals surface area contributed by atoms with Gasteiger partial charge in [0.25, 0.3) is 0 Å². The van der Waals surface area contributed by atoms with Crippen molar-refractivity contribution in [1.82, 2.24) is 4.90 Å². The lowest BCUT2D eigenvalue weighted by Crippen LogP contribution is -2.45. The second-order valence-corrected chi connectivity index (χ2v) is 8.07. The number of piperidine rings is 1. The maximum atomic E-state index is 13.0. The summed E-state index contributed by atoms with van der Waals surface area (Å²) in [6, 6.07) is 19.1. The van der Waals surface area contributed by atoms with E-state index in [1.807, 2.05) is 65.6 Å². The molecule has 2 aliphatic rings. The molecule has 2 aliphatic heterocycles. The number of likely N-dealkylation sites (tertiary alicyclic amines) is 1. The minimum atomic E-state index is -0.308. The van der Waals surface area contributed by atoms with Crippen LogP contribution in [0, 0.1) is 11.8 Å². The molecular formula is C24H27N3O3. The van der Waals surface area contributed by atoms with Crippen LogP contribution >= 0.6 is 0 Å². The number of hydrogen-bond donors (Lipinski definition) is 0. The Bertz CT molecular complexity index is 908. The standard InChI is InChI=1S/C24H27N3O3/c1-25(20-8-4-2-5-9-20)23(29)18-12-14-26(15-13-18)24(30)19-16-22(28)27(17-19)21-10-6-3-7-11-21/h2-11,18-19H,12-17H2,1H3. The van der Waals surface area contributed by atoms with E-state index in [9.17, 15) is 14.4 Å². The van der Waals surface area contributed by atoms with E-state index in [1.54, 1.807) is 16.8 Å². The zero-order chi connectivity index (χ0) is 21.1. The summed E-state index contributed by atoms with van der Waals surface area (Å²) < 4.78 is 0. The Balaban J connectivity index is 1.32. The topological polar surface area (TPSA) is 60.9 Å². The lowest BCUT2D eigenvalue weighted by molar-refractivity contribution is -0.138. The van der Waals surface area contributed by atoms with Crippen molar-refractivity contribution in [3.63, 3.8) is 0 Å². The molecule has 0 radical (unpaired) electrons. The fraction of sp³-hybridized carbons (Fsp3) is 0.375. The first-order valence-electron chi connectivity index (χ1n) is 10.5. The first-order chi connectivity index (χ1) is 14.5. The maximum Gasteiger partial charge on any atom is 0.229 e. The molecule has 2 saturated heterocycles. The number of para-hydroxylation sites is 2. The van der Waals surface area contributed by atoms with E-state index >= 15 is 0 Å². The molecule has 0 aliphatic carbocycles. The number of carbonyl (C=O) groups excluding carboxylic acids is 3. The van der Waals surface area contributed by atoms with Gasteiger partial charge in [-0.1, -0.05) is 36.4 Å². The van der Waals surface area contributed by atoms with Crippen LogP contribution in [0.2, 0.25) is 0 Å². The van der Waals surface area contributed by atoms with E-state index in [0.29, 0.717) is 32.5 Å². The summed E-state index contributed by atoms with van der Waals surface area (Å²) in [6.45, 7) is 1.55. The summed E-state index contributed by atoms with van der Waals surface area (Å²) in [4.78, 5) is 43.5. The molecule has 0 saturated carbocycles. The van der Waals surface area contributed by atoms with E-state index in [4.69, 9.17) is 0 Å². The van der Waals surface area contributed by atoms with Gasteiger partial charge in [0.15, 0.2) is 0 Å². The molecule has 0 spiro atoms. The molecule has 0 aromatic heterocycles. The zero-order valence-corrected chi connectivity index (χ0v) is 17.2. The van der Waals surface area contributed by atoms with Crippen molar-refractivity contribution >= 4 is 29.1 Å². The highest BCUT2D eigenvalue weighted by Crippen LogP contribution is 2.28. The van der Waals surface area contributed by atoms with Crippen molar-refractivity contribution in [2.45, 2.75) is 19.3 Å². The molecule has 2 aromatic carbocycles. The van der Waals surface area contributed by atoms with Crippen LogP contribution in [0.5, 0.6) is 0 Å². The molecular weight excluding hydrogens is 378 g/mol. The highest BCUT2D eigenvalue weighted by atomic mass is 16.2. The Morgan fingerprint density at radius 2 is 1.50 bits per heavy atom. The molecule has 30 heavy (non-hydrogen) atoms. The van der Waals surface area contributed by atoms with Gasteiger partial charge in [0.05, 0.1) is 5.92 Å². The first-order valence-corrected chi connectivity index (χ1v) is 10.5. The van der Waals surface area contributed by atoms with Gasteiger partial charge in [-0.15, -0.1) is 0 Å². The minimum Gasteiger partial charge on any atom is -0.342 e. The first kappa shape index (κ1) is 20.1. The Labute approximate surface area is 177 Å². The van der Waals surface area contributed by atoms with Gasteiger partial charge in [0.1, 0.15) is 0 Å². The van der Waals surface area contributed by atoms with Crippen molar-refractivity contribution < 1.29 is 14.4 Å². The average molecular weight is 405 g/mol. The Kier molecular flexibility index (Phi) is 5.84. The number of rotatable bonds is 4. The van der Waals surface area contributed by atoms with Gasteiger partial charge in [-0.2, -0.15) is 0 Å². The van der Waals surface area contributed by atoms with Crippen LogP contribution < -0.4 is 9.80 Å². The van der Waals surface area contributed by atoms with Crippen molar-refractivity contribution in [3.05, 3.63) is 60.7 Å². The number of anilines is 2. The van der Waals surface area contributed by atoms with Gasteiger partial charge in [0, 0.05) is 50.4 Å². The third kappa shape index (κ3) is 4.08.